The van der Waals surface area contributed by atoms with Crippen LogP contribution in [0.5, 0.6) is 0 Å². The molecule has 0 amide bonds. The Kier molecular flexibility index (Phi) is 8.95. The van der Waals surface area contributed by atoms with Crippen molar-refractivity contribution in [2.75, 3.05) is 26.0 Å². The molecule has 7 heteroatoms. The first kappa shape index (κ1) is 17.3. The lowest BCUT2D eigenvalue weighted by Crippen LogP contribution is -2.28. The van der Waals surface area contributed by atoms with Crippen LogP contribution in [0.1, 0.15) is 32.6 Å². The Morgan fingerprint density at radius 3 is 2.61 bits per heavy atom. The summed E-state index contributed by atoms with van der Waals surface area (Å²) in [6, 6.07) is 0. The van der Waals surface area contributed by atoms with Crippen LogP contribution >= 0.6 is 0 Å². The predicted molar refractivity (Wildman–Crippen MR) is 68.5 cm³/mol. The van der Waals surface area contributed by atoms with Crippen molar-refractivity contribution in [3.8, 4) is 0 Å². The van der Waals surface area contributed by atoms with Gasteiger partial charge in [-0.25, -0.2) is 13.1 Å². The first-order valence-corrected chi connectivity index (χ1v) is 7.71. The molecule has 0 aliphatic heterocycles. The van der Waals surface area contributed by atoms with Crippen LogP contribution in [0.4, 0.5) is 0 Å². The summed E-state index contributed by atoms with van der Waals surface area (Å²) < 4.78 is 29.9. The van der Waals surface area contributed by atoms with E-state index in [0.717, 1.165) is 6.42 Å². The highest BCUT2D eigenvalue weighted by atomic mass is 32.2. The number of esters is 1. The molecular weight excluding hydrogens is 258 g/mol. The molecule has 0 bridgehead atoms. The fraction of sp³-hybridized carbons (Fsp3) is 0.909. The van der Waals surface area contributed by atoms with Gasteiger partial charge in [0.25, 0.3) is 0 Å². The largest absolute Gasteiger partial charge is 0.469 e. The van der Waals surface area contributed by atoms with Gasteiger partial charge in [0.05, 0.1) is 12.9 Å². The van der Waals surface area contributed by atoms with E-state index in [1.54, 1.807) is 0 Å². The molecule has 0 aliphatic rings. The molecule has 1 atom stereocenters. The fourth-order valence-electron chi connectivity index (χ4n) is 1.35. The number of ether oxygens (including phenoxy) is 1. The Hall–Kier alpha value is -0.660. The van der Waals surface area contributed by atoms with E-state index in [1.165, 1.54) is 7.11 Å². The molecule has 18 heavy (non-hydrogen) atoms. The number of rotatable bonds is 10. The van der Waals surface area contributed by atoms with E-state index >= 15 is 0 Å². The summed E-state index contributed by atoms with van der Waals surface area (Å²) in [5.74, 6) is -0.284. The summed E-state index contributed by atoms with van der Waals surface area (Å²) in [5, 5.41) is 8.80. The SMILES string of the molecule is COC(=O)CCCS(=O)(=O)NCCCC(C)CO. The van der Waals surface area contributed by atoms with Crippen molar-refractivity contribution in [1.29, 1.82) is 0 Å². The van der Waals surface area contributed by atoms with E-state index in [1.807, 2.05) is 6.92 Å². The molecule has 0 aromatic rings. The molecule has 0 heterocycles. The minimum Gasteiger partial charge on any atom is -0.469 e. The number of hydrogen-bond acceptors (Lipinski definition) is 5. The van der Waals surface area contributed by atoms with Crippen LogP contribution in [0.15, 0.2) is 0 Å². The molecule has 1 unspecified atom stereocenters. The van der Waals surface area contributed by atoms with Gasteiger partial charge in [0.15, 0.2) is 0 Å². The first-order chi connectivity index (χ1) is 8.41. The number of nitrogens with one attached hydrogen (secondary N) is 1. The van der Waals surface area contributed by atoms with Gasteiger partial charge in [0.2, 0.25) is 10.0 Å². The molecule has 0 spiro atoms. The zero-order valence-corrected chi connectivity index (χ0v) is 11.8. The van der Waals surface area contributed by atoms with Crippen LogP contribution in [0.25, 0.3) is 0 Å². The number of sulfonamides is 1. The lowest BCUT2D eigenvalue weighted by molar-refractivity contribution is -0.140. The third-order valence-corrected chi connectivity index (χ3v) is 4.00. The molecule has 0 saturated carbocycles. The van der Waals surface area contributed by atoms with Crippen molar-refractivity contribution >= 4 is 16.0 Å². The lowest BCUT2D eigenvalue weighted by Gasteiger charge is -2.09. The van der Waals surface area contributed by atoms with Gasteiger partial charge < -0.3 is 9.84 Å². The number of carbonyl (C=O) groups excluding carboxylic acids is 1. The monoisotopic (exact) mass is 281 g/mol. The quantitative estimate of drug-likeness (QED) is 0.443. The van der Waals surface area contributed by atoms with Gasteiger partial charge >= 0.3 is 5.97 Å². The zero-order chi connectivity index (χ0) is 14.0. The van der Waals surface area contributed by atoms with E-state index < -0.39 is 16.0 Å². The number of aliphatic hydroxyl groups excluding tert-OH is 1. The Morgan fingerprint density at radius 2 is 2.06 bits per heavy atom. The summed E-state index contributed by atoms with van der Waals surface area (Å²) in [5.41, 5.74) is 0. The standard InChI is InChI=1S/C11H23NO5S/c1-10(9-13)5-3-7-12-18(15,16)8-4-6-11(14)17-2/h10,12-13H,3-9H2,1-2H3. The van der Waals surface area contributed by atoms with E-state index in [9.17, 15) is 13.2 Å². The number of hydrogen-bond donors (Lipinski definition) is 2. The van der Waals surface area contributed by atoms with Gasteiger partial charge in [-0.1, -0.05) is 6.92 Å². The van der Waals surface area contributed by atoms with Crippen LogP contribution in [-0.2, 0) is 19.6 Å². The first-order valence-electron chi connectivity index (χ1n) is 6.06. The van der Waals surface area contributed by atoms with Crippen molar-refractivity contribution in [2.24, 2.45) is 5.92 Å². The van der Waals surface area contributed by atoms with Crippen LogP contribution < -0.4 is 4.72 Å². The molecule has 0 aliphatic carbocycles. The van der Waals surface area contributed by atoms with Crippen molar-refractivity contribution in [1.82, 2.24) is 4.72 Å². The fourth-order valence-corrected chi connectivity index (χ4v) is 2.47. The molecule has 0 radical (unpaired) electrons. The van der Waals surface area contributed by atoms with Gasteiger partial charge in [0, 0.05) is 19.6 Å². The summed E-state index contributed by atoms with van der Waals surface area (Å²) in [4.78, 5) is 10.8. The number of carbonyl (C=O) groups is 1. The normalized spacial score (nSPS) is 13.3. The average molecular weight is 281 g/mol. The minimum absolute atomic E-state index is 0.0718. The van der Waals surface area contributed by atoms with Crippen molar-refractivity contribution in [3.63, 3.8) is 0 Å². The van der Waals surface area contributed by atoms with Crippen molar-refractivity contribution < 1.29 is 23.1 Å². The lowest BCUT2D eigenvalue weighted by atomic mass is 10.1. The topological polar surface area (TPSA) is 92.7 Å². The average Bonchev–Trinajstić information content (AvgIpc) is 2.33. The van der Waals surface area contributed by atoms with E-state index in [0.29, 0.717) is 13.0 Å². The van der Waals surface area contributed by atoms with Crippen LogP contribution in [-0.4, -0.2) is 45.5 Å². The van der Waals surface area contributed by atoms with Crippen molar-refractivity contribution in [2.45, 2.75) is 32.6 Å². The van der Waals surface area contributed by atoms with Crippen LogP contribution in [0, 0.1) is 5.92 Å². The van der Waals surface area contributed by atoms with Gasteiger partial charge in [-0.3, -0.25) is 4.79 Å². The second kappa shape index (κ2) is 9.29. The Bertz CT molecular complexity index is 328. The maximum atomic E-state index is 11.5. The maximum Gasteiger partial charge on any atom is 0.305 e. The highest BCUT2D eigenvalue weighted by Crippen LogP contribution is 2.03. The summed E-state index contributed by atoms with van der Waals surface area (Å²) >= 11 is 0. The highest BCUT2D eigenvalue weighted by molar-refractivity contribution is 7.89. The summed E-state index contributed by atoms with van der Waals surface area (Å²) in [7, 11) is -2.04. The predicted octanol–water partition coefficient (Wildman–Crippen LogP) is 0.268. The third kappa shape index (κ3) is 9.38. The molecular formula is C11H23NO5S. The van der Waals surface area contributed by atoms with Crippen LogP contribution in [0.3, 0.4) is 0 Å². The number of methoxy groups -OCH3 is 1. The summed E-state index contributed by atoms with van der Waals surface area (Å²) in [6.07, 6.45) is 1.84. The molecule has 2 N–H and O–H groups in total. The molecule has 108 valence electrons. The third-order valence-electron chi connectivity index (χ3n) is 2.53. The molecule has 0 aromatic carbocycles. The van der Waals surface area contributed by atoms with Gasteiger partial charge in [-0.05, 0) is 25.2 Å². The Labute approximate surface area is 109 Å². The van der Waals surface area contributed by atoms with Gasteiger partial charge in [-0.15, -0.1) is 0 Å². The smallest absolute Gasteiger partial charge is 0.305 e. The second-order valence-electron chi connectivity index (χ2n) is 4.32. The summed E-state index contributed by atoms with van der Waals surface area (Å²) in [6.45, 7) is 2.39. The molecule has 0 aromatic heterocycles. The van der Waals surface area contributed by atoms with Crippen LogP contribution in [0.2, 0.25) is 0 Å². The molecule has 0 saturated heterocycles. The van der Waals surface area contributed by atoms with E-state index in [-0.39, 0.29) is 31.1 Å². The molecule has 0 rings (SSSR count). The second-order valence-corrected chi connectivity index (χ2v) is 6.25. The van der Waals surface area contributed by atoms with E-state index in [2.05, 4.69) is 9.46 Å². The van der Waals surface area contributed by atoms with Crippen molar-refractivity contribution in [3.05, 3.63) is 0 Å². The molecule has 6 nitrogen and oxygen atoms in total. The van der Waals surface area contributed by atoms with Gasteiger partial charge in [-0.2, -0.15) is 0 Å². The zero-order valence-electron chi connectivity index (χ0n) is 11.0. The minimum atomic E-state index is -3.31. The van der Waals surface area contributed by atoms with E-state index in [4.69, 9.17) is 5.11 Å². The highest BCUT2D eigenvalue weighted by Gasteiger charge is 2.11. The maximum absolute atomic E-state index is 11.5. The van der Waals surface area contributed by atoms with Gasteiger partial charge in [0.1, 0.15) is 0 Å². The molecule has 0 fully saturated rings. The Morgan fingerprint density at radius 1 is 1.39 bits per heavy atom. The Balaban J connectivity index is 3.71. The number of aliphatic hydroxyl groups is 1.